The van der Waals surface area contributed by atoms with Crippen LogP contribution in [0.1, 0.15) is 19.3 Å². The van der Waals surface area contributed by atoms with E-state index in [9.17, 15) is 0 Å². The number of piperidine rings is 1. The van der Waals surface area contributed by atoms with Gasteiger partial charge in [0, 0.05) is 13.6 Å². The lowest BCUT2D eigenvalue weighted by Gasteiger charge is -2.24. The fourth-order valence-corrected chi connectivity index (χ4v) is 2.61. The summed E-state index contributed by atoms with van der Waals surface area (Å²) >= 11 is 0. The molecule has 1 aliphatic carbocycles. The molecule has 0 aromatic rings. The molecule has 2 aliphatic rings. The zero-order valence-electron chi connectivity index (χ0n) is 8.68. The van der Waals surface area contributed by atoms with Crippen molar-refractivity contribution in [1.82, 2.24) is 10.4 Å². The minimum absolute atomic E-state index is 0.692. The molecular formula is C10H20N2O. The van der Waals surface area contributed by atoms with Gasteiger partial charge in [0.05, 0.1) is 7.11 Å². The smallest absolute Gasteiger partial charge is 0.0575 e. The molecule has 0 bridgehead atoms. The van der Waals surface area contributed by atoms with Gasteiger partial charge in [-0.25, -0.2) is 0 Å². The summed E-state index contributed by atoms with van der Waals surface area (Å²) in [5.41, 5.74) is 0.692. The van der Waals surface area contributed by atoms with E-state index in [0.717, 1.165) is 12.5 Å². The van der Waals surface area contributed by atoms with Crippen molar-refractivity contribution >= 4 is 0 Å². The van der Waals surface area contributed by atoms with Crippen LogP contribution in [0.15, 0.2) is 0 Å². The molecule has 1 unspecified atom stereocenters. The maximum atomic E-state index is 5.15. The lowest BCUT2D eigenvalue weighted by Crippen LogP contribution is -2.31. The minimum Gasteiger partial charge on any atom is -0.317 e. The van der Waals surface area contributed by atoms with Crippen LogP contribution in [0, 0.1) is 11.3 Å². The van der Waals surface area contributed by atoms with Gasteiger partial charge < -0.3 is 10.2 Å². The third-order valence-corrected chi connectivity index (χ3v) is 3.75. The second-order valence-electron chi connectivity index (χ2n) is 4.51. The van der Waals surface area contributed by atoms with E-state index in [1.54, 1.807) is 7.11 Å². The Kier molecular flexibility index (Phi) is 2.58. The van der Waals surface area contributed by atoms with Gasteiger partial charge in [-0.05, 0) is 43.7 Å². The first-order valence-electron chi connectivity index (χ1n) is 5.23. The van der Waals surface area contributed by atoms with E-state index < -0.39 is 0 Å². The Morgan fingerprint density at radius 1 is 1.46 bits per heavy atom. The molecule has 1 N–H and O–H groups in total. The Morgan fingerprint density at radius 2 is 2.15 bits per heavy atom. The first-order chi connectivity index (χ1) is 6.27. The highest BCUT2D eigenvalue weighted by Crippen LogP contribution is 2.58. The second-order valence-corrected chi connectivity index (χ2v) is 4.51. The van der Waals surface area contributed by atoms with E-state index in [1.807, 2.05) is 12.1 Å². The van der Waals surface area contributed by atoms with Crippen molar-refractivity contribution in [2.45, 2.75) is 19.3 Å². The van der Waals surface area contributed by atoms with Gasteiger partial charge in [0.1, 0.15) is 0 Å². The Labute approximate surface area is 80.4 Å². The summed E-state index contributed by atoms with van der Waals surface area (Å²) in [4.78, 5) is 5.15. The van der Waals surface area contributed by atoms with Crippen molar-refractivity contribution < 1.29 is 4.84 Å². The van der Waals surface area contributed by atoms with E-state index in [4.69, 9.17) is 4.84 Å². The molecular weight excluding hydrogens is 164 g/mol. The quantitative estimate of drug-likeness (QED) is 0.659. The SMILES string of the molecule is CON(C)CC1CC12CCNCC2. The predicted octanol–water partition coefficient (Wildman–Crippen LogP) is 0.869. The van der Waals surface area contributed by atoms with Gasteiger partial charge in [-0.3, -0.25) is 0 Å². The van der Waals surface area contributed by atoms with Gasteiger partial charge in [-0.2, -0.15) is 5.06 Å². The van der Waals surface area contributed by atoms with Crippen LogP contribution in [0.4, 0.5) is 0 Å². The summed E-state index contributed by atoms with van der Waals surface area (Å²) < 4.78 is 0. The Bertz CT molecular complexity index is 178. The molecule has 2 rings (SSSR count). The largest absolute Gasteiger partial charge is 0.317 e. The molecule has 0 radical (unpaired) electrons. The molecule has 13 heavy (non-hydrogen) atoms. The summed E-state index contributed by atoms with van der Waals surface area (Å²) in [6.07, 6.45) is 4.16. The van der Waals surface area contributed by atoms with Crippen molar-refractivity contribution in [1.29, 1.82) is 0 Å². The van der Waals surface area contributed by atoms with Crippen LogP contribution < -0.4 is 5.32 Å². The molecule has 1 aliphatic heterocycles. The molecule has 0 amide bonds. The molecule has 1 saturated carbocycles. The van der Waals surface area contributed by atoms with Crippen LogP contribution in [-0.2, 0) is 4.84 Å². The number of rotatable bonds is 3. The third-order valence-electron chi connectivity index (χ3n) is 3.75. The maximum absolute atomic E-state index is 5.15. The first kappa shape index (κ1) is 9.44. The zero-order chi connectivity index (χ0) is 9.31. The summed E-state index contributed by atoms with van der Waals surface area (Å²) in [7, 11) is 3.77. The fourth-order valence-electron chi connectivity index (χ4n) is 2.61. The number of nitrogens with zero attached hydrogens (tertiary/aromatic N) is 1. The number of nitrogens with one attached hydrogen (secondary N) is 1. The zero-order valence-corrected chi connectivity index (χ0v) is 8.68. The lowest BCUT2D eigenvalue weighted by atomic mass is 9.92. The summed E-state index contributed by atoms with van der Waals surface area (Å²) in [5, 5.41) is 5.38. The minimum atomic E-state index is 0.692. The lowest BCUT2D eigenvalue weighted by molar-refractivity contribution is -0.114. The molecule has 3 heteroatoms. The molecule has 1 spiro atoms. The van der Waals surface area contributed by atoms with E-state index in [-0.39, 0.29) is 0 Å². The average molecular weight is 184 g/mol. The molecule has 0 aromatic carbocycles. The van der Waals surface area contributed by atoms with Crippen LogP contribution in [0.25, 0.3) is 0 Å². The fraction of sp³-hybridized carbons (Fsp3) is 1.00. The van der Waals surface area contributed by atoms with Crippen LogP contribution in [-0.4, -0.2) is 38.9 Å². The number of hydrogen-bond donors (Lipinski definition) is 1. The Balaban J connectivity index is 1.79. The van der Waals surface area contributed by atoms with Gasteiger partial charge >= 0.3 is 0 Å². The standard InChI is InChI=1S/C10H20N2O/c1-12(13-2)8-9-7-10(9)3-5-11-6-4-10/h9,11H,3-8H2,1-2H3. The van der Waals surface area contributed by atoms with Crippen molar-refractivity contribution in [3.05, 3.63) is 0 Å². The summed E-state index contributed by atoms with van der Waals surface area (Å²) in [6, 6.07) is 0. The van der Waals surface area contributed by atoms with E-state index in [0.29, 0.717) is 5.41 Å². The molecule has 2 fully saturated rings. The van der Waals surface area contributed by atoms with Gasteiger partial charge in [0.2, 0.25) is 0 Å². The van der Waals surface area contributed by atoms with Crippen molar-refractivity contribution in [3.8, 4) is 0 Å². The van der Waals surface area contributed by atoms with Gasteiger partial charge in [-0.15, -0.1) is 0 Å². The van der Waals surface area contributed by atoms with Crippen LogP contribution in [0.5, 0.6) is 0 Å². The van der Waals surface area contributed by atoms with Crippen LogP contribution in [0.3, 0.4) is 0 Å². The van der Waals surface area contributed by atoms with Gasteiger partial charge in [0.25, 0.3) is 0 Å². The number of hydroxylamine groups is 2. The molecule has 76 valence electrons. The molecule has 1 saturated heterocycles. The first-order valence-corrected chi connectivity index (χ1v) is 5.23. The molecule has 0 aromatic heterocycles. The summed E-state index contributed by atoms with van der Waals surface area (Å²) in [6.45, 7) is 3.54. The maximum Gasteiger partial charge on any atom is 0.0575 e. The normalized spacial score (nSPS) is 31.2. The van der Waals surface area contributed by atoms with Crippen molar-refractivity contribution in [2.24, 2.45) is 11.3 Å². The monoisotopic (exact) mass is 184 g/mol. The van der Waals surface area contributed by atoms with E-state index in [2.05, 4.69) is 5.32 Å². The molecule has 3 nitrogen and oxygen atoms in total. The van der Waals surface area contributed by atoms with Crippen molar-refractivity contribution in [2.75, 3.05) is 33.8 Å². The predicted molar refractivity (Wildman–Crippen MR) is 52.3 cm³/mol. The van der Waals surface area contributed by atoms with Crippen LogP contribution in [0.2, 0.25) is 0 Å². The topological polar surface area (TPSA) is 24.5 Å². The van der Waals surface area contributed by atoms with Gasteiger partial charge in [0.15, 0.2) is 0 Å². The highest BCUT2D eigenvalue weighted by atomic mass is 16.7. The third kappa shape index (κ3) is 1.87. The molecule has 1 atom stereocenters. The molecule has 1 heterocycles. The van der Waals surface area contributed by atoms with Gasteiger partial charge in [-0.1, -0.05) is 0 Å². The van der Waals surface area contributed by atoms with E-state index in [1.165, 1.54) is 32.4 Å². The van der Waals surface area contributed by atoms with Crippen LogP contribution >= 0.6 is 0 Å². The highest BCUT2D eigenvalue weighted by molar-refractivity contribution is 5.04. The van der Waals surface area contributed by atoms with Crippen molar-refractivity contribution in [3.63, 3.8) is 0 Å². The summed E-state index contributed by atoms with van der Waals surface area (Å²) in [5.74, 6) is 0.888. The Morgan fingerprint density at radius 3 is 2.77 bits per heavy atom. The van der Waals surface area contributed by atoms with E-state index >= 15 is 0 Å². The average Bonchev–Trinajstić information content (AvgIpc) is 2.79. The number of hydrogen-bond acceptors (Lipinski definition) is 3. The Hall–Kier alpha value is -0.120. The second kappa shape index (κ2) is 3.56. The highest BCUT2D eigenvalue weighted by Gasteiger charge is 2.53.